The fraction of sp³-hybridized carbons (Fsp3) is 0.235. The van der Waals surface area contributed by atoms with Crippen molar-refractivity contribution in [3.05, 3.63) is 55.8 Å². The van der Waals surface area contributed by atoms with E-state index in [4.69, 9.17) is 23.2 Å². The van der Waals surface area contributed by atoms with Crippen molar-refractivity contribution < 1.29 is 9.59 Å². The highest BCUT2D eigenvalue weighted by molar-refractivity contribution is 7.17. The van der Waals surface area contributed by atoms with E-state index in [1.54, 1.807) is 30.7 Å². The number of nitrogens with zero attached hydrogens (tertiary/aromatic N) is 4. The van der Waals surface area contributed by atoms with Crippen molar-refractivity contribution in [2.75, 3.05) is 12.4 Å². The van der Waals surface area contributed by atoms with Gasteiger partial charge < -0.3 is 5.32 Å². The Morgan fingerprint density at radius 1 is 1.18 bits per heavy atom. The van der Waals surface area contributed by atoms with Gasteiger partial charge in [0.05, 0.1) is 28.0 Å². The second-order valence-corrected chi connectivity index (χ2v) is 7.71. The summed E-state index contributed by atoms with van der Waals surface area (Å²) in [5.41, 5.74) is 2.18. The molecular formula is C17H16Cl2N6O2S. The van der Waals surface area contributed by atoms with Gasteiger partial charge in [-0.2, -0.15) is 0 Å². The van der Waals surface area contributed by atoms with Gasteiger partial charge in [-0.25, -0.2) is 9.67 Å². The number of anilines is 1. The van der Waals surface area contributed by atoms with Gasteiger partial charge in [-0.05, 0) is 31.5 Å². The molecule has 0 aliphatic carbocycles. The van der Waals surface area contributed by atoms with Gasteiger partial charge >= 0.3 is 0 Å². The maximum absolute atomic E-state index is 12.6. The van der Waals surface area contributed by atoms with E-state index in [0.29, 0.717) is 38.0 Å². The molecule has 2 aromatic heterocycles. The first-order chi connectivity index (χ1) is 13.3. The second-order valence-electron chi connectivity index (χ2n) is 5.90. The number of hydrogen-bond donors (Lipinski definition) is 2. The molecule has 0 fully saturated rings. The number of amides is 2. The number of halogens is 2. The van der Waals surface area contributed by atoms with Crippen LogP contribution in [0, 0.1) is 13.8 Å². The van der Waals surface area contributed by atoms with Crippen LogP contribution in [-0.2, 0) is 6.54 Å². The van der Waals surface area contributed by atoms with Gasteiger partial charge in [0.2, 0.25) is 0 Å². The third kappa shape index (κ3) is 4.16. The maximum atomic E-state index is 12.6. The fourth-order valence-corrected chi connectivity index (χ4v) is 3.69. The summed E-state index contributed by atoms with van der Waals surface area (Å²) in [7, 11) is 1.54. The Labute approximate surface area is 174 Å². The van der Waals surface area contributed by atoms with Crippen molar-refractivity contribution in [2.45, 2.75) is 20.4 Å². The molecule has 0 saturated carbocycles. The zero-order valence-corrected chi connectivity index (χ0v) is 17.5. The van der Waals surface area contributed by atoms with Crippen molar-refractivity contribution >= 4 is 51.5 Å². The van der Waals surface area contributed by atoms with Crippen molar-refractivity contribution in [1.82, 2.24) is 25.3 Å². The average molecular weight is 439 g/mol. The molecule has 0 aliphatic heterocycles. The van der Waals surface area contributed by atoms with Crippen LogP contribution in [0.25, 0.3) is 0 Å². The van der Waals surface area contributed by atoms with Gasteiger partial charge in [-0.15, -0.1) is 5.10 Å². The van der Waals surface area contributed by atoms with E-state index in [1.807, 2.05) is 6.07 Å². The molecule has 2 N–H and O–H groups in total. The Kier molecular flexibility index (Phi) is 5.97. The van der Waals surface area contributed by atoms with E-state index in [9.17, 15) is 9.59 Å². The van der Waals surface area contributed by atoms with Crippen LogP contribution in [0.2, 0.25) is 10.0 Å². The Morgan fingerprint density at radius 3 is 2.61 bits per heavy atom. The zero-order chi connectivity index (χ0) is 20.4. The molecule has 0 spiro atoms. The highest BCUT2D eigenvalue weighted by atomic mass is 35.5. The summed E-state index contributed by atoms with van der Waals surface area (Å²) in [6.45, 7) is 3.84. The first-order valence-corrected chi connectivity index (χ1v) is 9.72. The van der Waals surface area contributed by atoms with Gasteiger partial charge in [0.15, 0.2) is 10.8 Å². The lowest BCUT2D eigenvalue weighted by molar-refractivity contribution is 0.0965. The van der Waals surface area contributed by atoms with E-state index in [-0.39, 0.29) is 11.6 Å². The lowest BCUT2D eigenvalue weighted by Gasteiger charge is -2.05. The SMILES string of the molecule is CNC(=O)c1sc(NC(=O)c2nnn(Cc3ccc(Cl)c(Cl)c3)c2C)nc1C. The number of thiazole rings is 1. The Hall–Kier alpha value is -2.49. The molecule has 146 valence electrons. The summed E-state index contributed by atoms with van der Waals surface area (Å²) in [5, 5.41) is 14.4. The summed E-state index contributed by atoms with van der Waals surface area (Å²) < 4.78 is 1.59. The molecule has 0 aliphatic rings. The second kappa shape index (κ2) is 8.26. The molecule has 0 radical (unpaired) electrons. The van der Waals surface area contributed by atoms with Gasteiger partial charge in [0, 0.05) is 7.05 Å². The predicted octanol–water partition coefficient (Wildman–Crippen LogP) is 3.32. The van der Waals surface area contributed by atoms with Crippen molar-refractivity contribution in [3.63, 3.8) is 0 Å². The van der Waals surface area contributed by atoms with Gasteiger partial charge in [-0.1, -0.05) is 45.8 Å². The normalized spacial score (nSPS) is 10.8. The van der Waals surface area contributed by atoms with E-state index in [0.717, 1.165) is 16.9 Å². The molecule has 0 bridgehead atoms. The first-order valence-electron chi connectivity index (χ1n) is 8.15. The number of aryl methyl sites for hydroxylation is 1. The number of carbonyl (C=O) groups excluding carboxylic acids is 2. The van der Waals surface area contributed by atoms with Gasteiger partial charge in [-0.3, -0.25) is 14.9 Å². The van der Waals surface area contributed by atoms with E-state index in [1.165, 1.54) is 7.05 Å². The minimum Gasteiger partial charge on any atom is -0.354 e. The minimum absolute atomic E-state index is 0.175. The molecule has 0 saturated heterocycles. The number of hydrogen-bond acceptors (Lipinski definition) is 6. The average Bonchev–Trinajstić information content (AvgIpc) is 3.20. The molecule has 3 rings (SSSR count). The van der Waals surface area contributed by atoms with Crippen LogP contribution in [0.3, 0.4) is 0 Å². The van der Waals surface area contributed by atoms with Crippen molar-refractivity contribution in [1.29, 1.82) is 0 Å². The summed E-state index contributed by atoms with van der Waals surface area (Å²) in [6.07, 6.45) is 0. The first kappa shape index (κ1) is 20.2. The van der Waals surface area contributed by atoms with E-state index < -0.39 is 5.91 Å². The topological polar surface area (TPSA) is 102 Å². The Morgan fingerprint density at radius 2 is 1.93 bits per heavy atom. The number of carbonyl (C=O) groups is 2. The molecule has 28 heavy (non-hydrogen) atoms. The third-order valence-corrected chi connectivity index (χ3v) is 5.78. The largest absolute Gasteiger partial charge is 0.354 e. The molecule has 11 heteroatoms. The molecular weight excluding hydrogens is 423 g/mol. The lowest BCUT2D eigenvalue weighted by atomic mass is 10.2. The molecule has 3 aromatic rings. The molecule has 0 unspecified atom stereocenters. The van der Waals surface area contributed by atoms with Crippen LogP contribution in [-0.4, -0.2) is 38.8 Å². The lowest BCUT2D eigenvalue weighted by Crippen LogP contribution is -2.17. The van der Waals surface area contributed by atoms with Crippen LogP contribution in [0.15, 0.2) is 18.2 Å². The smallest absolute Gasteiger partial charge is 0.279 e. The maximum Gasteiger partial charge on any atom is 0.279 e. The van der Waals surface area contributed by atoms with Gasteiger partial charge in [0.25, 0.3) is 11.8 Å². The zero-order valence-electron chi connectivity index (χ0n) is 15.2. The summed E-state index contributed by atoms with van der Waals surface area (Å²) in [6, 6.07) is 5.27. The third-order valence-electron chi connectivity index (χ3n) is 3.96. The summed E-state index contributed by atoms with van der Waals surface area (Å²) >= 11 is 13.1. The number of benzene rings is 1. The minimum atomic E-state index is -0.449. The fourth-order valence-electron chi connectivity index (χ4n) is 2.46. The highest BCUT2D eigenvalue weighted by Gasteiger charge is 2.20. The quantitative estimate of drug-likeness (QED) is 0.635. The number of rotatable bonds is 5. The summed E-state index contributed by atoms with van der Waals surface area (Å²) in [4.78, 5) is 29.0. The van der Waals surface area contributed by atoms with Crippen LogP contribution >= 0.6 is 34.5 Å². The van der Waals surface area contributed by atoms with Crippen LogP contribution < -0.4 is 10.6 Å². The molecule has 2 amide bonds. The highest BCUT2D eigenvalue weighted by Crippen LogP contribution is 2.24. The predicted molar refractivity (Wildman–Crippen MR) is 109 cm³/mol. The molecule has 1 aromatic carbocycles. The Balaban J connectivity index is 1.76. The molecule has 2 heterocycles. The van der Waals surface area contributed by atoms with E-state index >= 15 is 0 Å². The van der Waals surface area contributed by atoms with E-state index in [2.05, 4.69) is 25.9 Å². The number of nitrogens with one attached hydrogen (secondary N) is 2. The van der Waals surface area contributed by atoms with Gasteiger partial charge in [0.1, 0.15) is 4.88 Å². The number of aromatic nitrogens is 4. The van der Waals surface area contributed by atoms with Crippen molar-refractivity contribution in [3.8, 4) is 0 Å². The molecule has 8 nitrogen and oxygen atoms in total. The summed E-state index contributed by atoms with van der Waals surface area (Å²) in [5.74, 6) is -0.700. The Bertz CT molecular complexity index is 1060. The van der Waals surface area contributed by atoms with Crippen LogP contribution in [0.1, 0.15) is 37.1 Å². The standard InChI is InChI=1S/C17H16Cl2N6O2S/c1-8-14(16(27)20-3)28-17(21-8)22-15(26)13-9(2)25(24-23-13)7-10-4-5-11(18)12(19)6-10/h4-6H,7H2,1-3H3,(H,20,27)(H,21,22,26). The van der Waals surface area contributed by atoms with Crippen molar-refractivity contribution in [2.24, 2.45) is 0 Å². The van der Waals surface area contributed by atoms with Crippen LogP contribution in [0.5, 0.6) is 0 Å². The monoisotopic (exact) mass is 438 g/mol. The molecule has 0 atom stereocenters. The van der Waals surface area contributed by atoms with Crippen LogP contribution in [0.4, 0.5) is 5.13 Å².